The van der Waals surface area contributed by atoms with E-state index in [0.29, 0.717) is 6.04 Å². The van der Waals surface area contributed by atoms with Crippen molar-refractivity contribution in [1.29, 1.82) is 0 Å². The lowest BCUT2D eigenvalue weighted by molar-refractivity contribution is 0.206. The van der Waals surface area contributed by atoms with Gasteiger partial charge in [-0.3, -0.25) is 4.90 Å². The van der Waals surface area contributed by atoms with Crippen molar-refractivity contribution in [2.75, 3.05) is 11.9 Å². The van der Waals surface area contributed by atoms with Crippen LogP contribution in [0.4, 0.5) is 5.00 Å². The fourth-order valence-electron chi connectivity index (χ4n) is 3.36. The Balaban J connectivity index is 1.82. The van der Waals surface area contributed by atoms with Gasteiger partial charge in [-0.25, -0.2) is 4.98 Å². The number of fused-ring (bicyclic) bond motifs is 2. The van der Waals surface area contributed by atoms with Crippen LogP contribution in [0.3, 0.4) is 0 Å². The summed E-state index contributed by atoms with van der Waals surface area (Å²) >= 11 is 3.46. The van der Waals surface area contributed by atoms with Gasteiger partial charge in [0, 0.05) is 29.6 Å². The van der Waals surface area contributed by atoms with Gasteiger partial charge in [0.1, 0.15) is 16.2 Å². The second kappa shape index (κ2) is 7.12. The lowest BCUT2D eigenvalue weighted by Crippen LogP contribution is -2.35. The van der Waals surface area contributed by atoms with E-state index in [9.17, 15) is 5.11 Å². The van der Waals surface area contributed by atoms with Crippen LogP contribution in [0.2, 0.25) is 0 Å². The van der Waals surface area contributed by atoms with Crippen molar-refractivity contribution in [3.8, 4) is 10.6 Å². The van der Waals surface area contributed by atoms with Gasteiger partial charge in [-0.15, -0.1) is 22.7 Å². The van der Waals surface area contributed by atoms with E-state index in [2.05, 4.69) is 48.8 Å². The largest absolute Gasteiger partial charge is 0.370 e. The number of nitrogens with one attached hydrogen (secondary N) is 1. The molecule has 0 saturated carbocycles. The first kappa shape index (κ1) is 17.7. The Morgan fingerprint density at radius 2 is 2.12 bits per heavy atom. The molecule has 3 aromatic rings. The van der Waals surface area contributed by atoms with Crippen molar-refractivity contribution in [3.63, 3.8) is 0 Å². The minimum atomic E-state index is -0.760. The Morgan fingerprint density at radius 1 is 1.31 bits per heavy atom. The number of rotatable bonds is 5. The van der Waals surface area contributed by atoms with Crippen LogP contribution in [0.5, 0.6) is 0 Å². The van der Waals surface area contributed by atoms with Crippen LogP contribution in [0.1, 0.15) is 24.3 Å². The number of aliphatic hydroxyl groups is 1. The fourth-order valence-corrected chi connectivity index (χ4v) is 5.78. The molecule has 0 saturated heterocycles. The number of aliphatic hydroxyl groups excluding tert-OH is 1. The first-order chi connectivity index (χ1) is 12.6. The summed E-state index contributed by atoms with van der Waals surface area (Å²) in [6, 6.07) is 8.78. The first-order valence-electron chi connectivity index (χ1n) is 8.88. The van der Waals surface area contributed by atoms with E-state index in [-0.39, 0.29) is 0 Å². The van der Waals surface area contributed by atoms with Crippen molar-refractivity contribution in [2.45, 2.75) is 39.1 Å². The van der Waals surface area contributed by atoms with E-state index >= 15 is 0 Å². The van der Waals surface area contributed by atoms with E-state index in [1.165, 1.54) is 21.2 Å². The summed E-state index contributed by atoms with van der Waals surface area (Å²) in [5, 5.41) is 15.3. The highest BCUT2D eigenvalue weighted by molar-refractivity contribution is 7.22. The number of aromatic nitrogens is 1. The van der Waals surface area contributed by atoms with Crippen LogP contribution in [0.15, 0.2) is 36.9 Å². The lowest BCUT2D eigenvalue weighted by Gasteiger charge is -2.30. The first-order valence-corrected chi connectivity index (χ1v) is 10.5. The van der Waals surface area contributed by atoms with Gasteiger partial charge in [0.2, 0.25) is 0 Å². The Labute approximate surface area is 161 Å². The van der Waals surface area contributed by atoms with Gasteiger partial charge in [0.15, 0.2) is 0 Å². The SMILES string of the molecule is C=CC(O)Nc1sc2c(c1-c1nc3ccccc3s1)CCN(C(C)C)C2. The third-order valence-corrected chi connectivity index (χ3v) is 7.03. The van der Waals surface area contributed by atoms with Crippen LogP contribution in [-0.4, -0.2) is 33.8 Å². The molecule has 0 fully saturated rings. The molecule has 2 N–H and O–H groups in total. The summed E-state index contributed by atoms with van der Waals surface area (Å²) in [4.78, 5) is 8.74. The molecule has 1 aliphatic rings. The molecule has 0 spiro atoms. The maximum atomic E-state index is 10.1. The normalized spacial score (nSPS) is 16.0. The summed E-state index contributed by atoms with van der Waals surface area (Å²) in [6.07, 6.45) is 1.77. The molecule has 0 radical (unpaired) electrons. The predicted molar refractivity (Wildman–Crippen MR) is 112 cm³/mol. The summed E-state index contributed by atoms with van der Waals surface area (Å²) in [6.45, 7) is 10.2. The predicted octanol–water partition coefficient (Wildman–Crippen LogP) is 4.71. The average molecular weight is 386 g/mol. The monoisotopic (exact) mass is 385 g/mol. The van der Waals surface area contributed by atoms with Crippen molar-refractivity contribution in [2.24, 2.45) is 0 Å². The number of hydrogen-bond donors (Lipinski definition) is 2. The number of para-hydroxylation sites is 1. The number of thiazole rings is 1. The molecular formula is C20H23N3OS2. The van der Waals surface area contributed by atoms with Crippen LogP contribution >= 0.6 is 22.7 Å². The molecule has 26 heavy (non-hydrogen) atoms. The number of hydrogen-bond acceptors (Lipinski definition) is 6. The zero-order valence-electron chi connectivity index (χ0n) is 15.0. The molecule has 1 atom stereocenters. The maximum absolute atomic E-state index is 10.1. The quantitative estimate of drug-likeness (QED) is 0.493. The maximum Gasteiger partial charge on any atom is 0.144 e. The summed E-state index contributed by atoms with van der Waals surface area (Å²) in [7, 11) is 0. The van der Waals surface area contributed by atoms with Gasteiger partial charge in [0.25, 0.3) is 0 Å². The minimum Gasteiger partial charge on any atom is -0.370 e. The molecule has 4 nitrogen and oxygen atoms in total. The zero-order valence-corrected chi connectivity index (χ0v) is 16.7. The minimum absolute atomic E-state index is 0.534. The highest BCUT2D eigenvalue weighted by atomic mass is 32.1. The zero-order chi connectivity index (χ0) is 18.3. The highest BCUT2D eigenvalue weighted by Crippen LogP contribution is 2.46. The van der Waals surface area contributed by atoms with Gasteiger partial charge < -0.3 is 10.4 Å². The number of benzene rings is 1. The molecule has 0 aliphatic carbocycles. The van der Waals surface area contributed by atoms with Crippen LogP contribution < -0.4 is 5.32 Å². The summed E-state index contributed by atoms with van der Waals surface area (Å²) in [5.41, 5.74) is 3.57. The molecule has 0 bridgehead atoms. The second-order valence-electron chi connectivity index (χ2n) is 6.83. The molecule has 0 amide bonds. The van der Waals surface area contributed by atoms with Crippen LogP contribution in [0, 0.1) is 0 Å². The molecular weight excluding hydrogens is 362 g/mol. The lowest BCUT2D eigenvalue weighted by atomic mass is 10.0. The van der Waals surface area contributed by atoms with Gasteiger partial charge in [-0.1, -0.05) is 18.7 Å². The van der Waals surface area contributed by atoms with E-state index in [1.807, 2.05) is 6.07 Å². The molecule has 1 unspecified atom stereocenters. The Morgan fingerprint density at radius 3 is 2.85 bits per heavy atom. The third-order valence-electron chi connectivity index (χ3n) is 4.83. The van der Waals surface area contributed by atoms with Gasteiger partial charge >= 0.3 is 0 Å². The van der Waals surface area contributed by atoms with E-state index < -0.39 is 6.23 Å². The van der Waals surface area contributed by atoms with Crippen molar-refractivity contribution < 1.29 is 5.11 Å². The van der Waals surface area contributed by atoms with E-state index in [0.717, 1.165) is 40.6 Å². The third kappa shape index (κ3) is 3.18. The highest BCUT2D eigenvalue weighted by Gasteiger charge is 2.28. The Kier molecular flexibility index (Phi) is 4.84. The number of anilines is 1. The molecule has 1 aliphatic heterocycles. The van der Waals surface area contributed by atoms with Gasteiger partial charge in [-0.2, -0.15) is 0 Å². The molecule has 3 heterocycles. The molecule has 136 valence electrons. The smallest absolute Gasteiger partial charge is 0.144 e. The Bertz CT molecular complexity index is 911. The summed E-state index contributed by atoms with van der Waals surface area (Å²) < 4.78 is 1.19. The van der Waals surface area contributed by atoms with Crippen molar-refractivity contribution in [3.05, 3.63) is 47.4 Å². The van der Waals surface area contributed by atoms with Crippen LogP contribution in [-0.2, 0) is 13.0 Å². The van der Waals surface area contributed by atoms with E-state index in [1.54, 1.807) is 22.7 Å². The fraction of sp³-hybridized carbons (Fsp3) is 0.350. The van der Waals surface area contributed by atoms with Crippen LogP contribution in [0.25, 0.3) is 20.8 Å². The van der Waals surface area contributed by atoms with Gasteiger partial charge in [-0.05, 0) is 44.0 Å². The molecule has 1 aromatic carbocycles. The second-order valence-corrected chi connectivity index (χ2v) is 8.97. The van der Waals surface area contributed by atoms with Gasteiger partial charge in [0.05, 0.1) is 10.2 Å². The number of thiophene rings is 1. The van der Waals surface area contributed by atoms with Crippen molar-refractivity contribution >= 4 is 37.9 Å². The standard InChI is InChI=1S/C20H23N3OS2/c1-4-17(24)22-20-18(19-21-14-7-5-6-8-15(14)25-19)13-9-10-23(12(2)3)11-16(13)26-20/h4-8,12,17,22,24H,1,9-11H2,2-3H3. The Hall–Kier alpha value is -1.73. The molecule has 6 heteroatoms. The molecule has 2 aromatic heterocycles. The average Bonchev–Trinajstić information content (AvgIpc) is 3.20. The van der Waals surface area contributed by atoms with E-state index in [4.69, 9.17) is 4.98 Å². The number of nitrogens with zero attached hydrogens (tertiary/aromatic N) is 2. The summed E-state index contributed by atoms with van der Waals surface area (Å²) in [5.74, 6) is 0. The molecule has 4 rings (SSSR count). The van der Waals surface area contributed by atoms with Crippen molar-refractivity contribution in [1.82, 2.24) is 9.88 Å². The topological polar surface area (TPSA) is 48.4 Å².